The quantitative estimate of drug-likeness (QED) is 0.622. The monoisotopic (exact) mass is 290 g/mol. The second kappa shape index (κ2) is 6.94. The number of rotatable bonds is 7. The zero-order valence-corrected chi connectivity index (χ0v) is 12.1. The van der Waals surface area contributed by atoms with E-state index in [4.69, 9.17) is 4.42 Å². The summed E-state index contributed by atoms with van der Waals surface area (Å²) in [5.74, 6) is 0.913. The first-order chi connectivity index (χ1) is 10.2. The molecule has 0 aliphatic carbocycles. The predicted molar refractivity (Wildman–Crippen MR) is 77.7 cm³/mol. The van der Waals surface area contributed by atoms with E-state index in [-0.39, 0.29) is 11.7 Å². The Kier molecular flexibility index (Phi) is 4.99. The van der Waals surface area contributed by atoms with Gasteiger partial charge in [-0.2, -0.15) is 0 Å². The molecule has 1 aromatic heterocycles. The lowest BCUT2D eigenvalue weighted by Crippen LogP contribution is -2.21. The molecule has 1 N–H and O–H groups in total. The number of aromatic nitrogens is 2. The van der Waals surface area contributed by atoms with E-state index in [0.717, 1.165) is 19.4 Å². The van der Waals surface area contributed by atoms with Crippen molar-refractivity contribution in [3.05, 3.63) is 40.3 Å². The highest BCUT2D eigenvalue weighted by atomic mass is 16.6. The van der Waals surface area contributed by atoms with Gasteiger partial charge in [0.25, 0.3) is 5.69 Å². The molecule has 0 amide bonds. The molecule has 1 unspecified atom stereocenters. The van der Waals surface area contributed by atoms with Crippen molar-refractivity contribution in [2.45, 2.75) is 32.7 Å². The Balaban J connectivity index is 2.16. The smallest absolute Gasteiger partial charge is 0.269 e. The van der Waals surface area contributed by atoms with Crippen LogP contribution in [0.3, 0.4) is 0 Å². The van der Waals surface area contributed by atoms with Gasteiger partial charge in [0.15, 0.2) is 0 Å². The van der Waals surface area contributed by atoms with Crippen LogP contribution in [0.2, 0.25) is 0 Å². The number of nitro benzene ring substituents is 1. The minimum Gasteiger partial charge on any atom is -0.419 e. The molecule has 7 heteroatoms. The minimum atomic E-state index is -0.440. The van der Waals surface area contributed by atoms with Crippen LogP contribution in [0, 0.1) is 10.1 Å². The summed E-state index contributed by atoms with van der Waals surface area (Å²) in [6, 6.07) is 6.09. The van der Waals surface area contributed by atoms with Crippen LogP contribution >= 0.6 is 0 Å². The zero-order valence-electron chi connectivity index (χ0n) is 12.1. The van der Waals surface area contributed by atoms with Gasteiger partial charge in [-0.3, -0.25) is 10.1 Å². The molecule has 1 heterocycles. The van der Waals surface area contributed by atoms with Crippen molar-refractivity contribution in [1.82, 2.24) is 15.5 Å². The van der Waals surface area contributed by atoms with Crippen LogP contribution in [0.1, 0.15) is 38.6 Å². The van der Waals surface area contributed by atoms with Crippen molar-refractivity contribution in [3.8, 4) is 11.5 Å². The third-order valence-corrected chi connectivity index (χ3v) is 3.11. The number of benzene rings is 1. The van der Waals surface area contributed by atoms with E-state index in [1.807, 2.05) is 6.92 Å². The topological polar surface area (TPSA) is 94.1 Å². The van der Waals surface area contributed by atoms with Crippen molar-refractivity contribution in [1.29, 1.82) is 0 Å². The van der Waals surface area contributed by atoms with Crippen LogP contribution in [0.15, 0.2) is 28.7 Å². The van der Waals surface area contributed by atoms with Gasteiger partial charge in [-0.15, -0.1) is 10.2 Å². The average molecular weight is 290 g/mol. The summed E-state index contributed by atoms with van der Waals surface area (Å²) < 4.78 is 5.67. The maximum Gasteiger partial charge on any atom is 0.269 e. The molecule has 7 nitrogen and oxygen atoms in total. The van der Waals surface area contributed by atoms with Gasteiger partial charge in [0.2, 0.25) is 11.8 Å². The first-order valence-corrected chi connectivity index (χ1v) is 6.97. The number of hydrogen-bond donors (Lipinski definition) is 1. The molecule has 0 spiro atoms. The second-order valence-corrected chi connectivity index (χ2v) is 4.66. The van der Waals surface area contributed by atoms with E-state index in [9.17, 15) is 10.1 Å². The summed E-state index contributed by atoms with van der Waals surface area (Å²) >= 11 is 0. The van der Waals surface area contributed by atoms with Crippen molar-refractivity contribution >= 4 is 5.69 Å². The third-order valence-electron chi connectivity index (χ3n) is 3.11. The Morgan fingerprint density at radius 2 is 2.00 bits per heavy atom. The molecule has 112 valence electrons. The van der Waals surface area contributed by atoms with Gasteiger partial charge < -0.3 is 9.73 Å². The minimum absolute atomic E-state index is 0.0317. The van der Waals surface area contributed by atoms with Gasteiger partial charge in [-0.25, -0.2) is 0 Å². The number of nitrogens with one attached hydrogen (secondary N) is 1. The highest BCUT2D eigenvalue weighted by Gasteiger charge is 2.17. The Bertz CT molecular complexity index is 595. The second-order valence-electron chi connectivity index (χ2n) is 4.66. The van der Waals surface area contributed by atoms with Gasteiger partial charge in [-0.1, -0.05) is 13.8 Å². The van der Waals surface area contributed by atoms with E-state index in [1.165, 1.54) is 12.1 Å². The number of non-ortho nitro benzene ring substituents is 1. The lowest BCUT2D eigenvalue weighted by atomic mass is 10.2. The predicted octanol–water partition coefficient (Wildman–Crippen LogP) is 3.10. The standard InChI is InChI=1S/C14H18N4O3/c1-3-9-15-12(4-2)14-17-16-13(21-14)10-5-7-11(8-6-10)18(19)20/h5-8,12,15H,3-4,9H2,1-2H3. The summed E-state index contributed by atoms with van der Waals surface area (Å²) in [4.78, 5) is 10.2. The maximum atomic E-state index is 10.6. The molecule has 1 aromatic carbocycles. The molecule has 0 aliphatic heterocycles. The van der Waals surface area contributed by atoms with Crippen LogP contribution in [0.5, 0.6) is 0 Å². The Morgan fingerprint density at radius 3 is 2.57 bits per heavy atom. The first-order valence-electron chi connectivity index (χ1n) is 6.97. The fraction of sp³-hybridized carbons (Fsp3) is 0.429. The van der Waals surface area contributed by atoms with Crippen molar-refractivity contribution < 1.29 is 9.34 Å². The van der Waals surface area contributed by atoms with E-state index >= 15 is 0 Å². The normalized spacial score (nSPS) is 12.3. The lowest BCUT2D eigenvalue weighted by Gasteiger charge is -2.11. The molecule has 1 atom stereocenters. The van der Waals surface area contributed by atoms with Crippen LogP contribution < -0.4 is 5.32 Å². The molecule has 0 aliphatic rings. The molecular formula is C14H18N4O3. The third kappa shape index (κ3) is 3.63. The molecule has 2 rings (SSSR count). The van der Waals surface area contributed by atoms with Gasteiger partial charge in [0.1, 0.15) is 0 Å². The van der Waals surface area contributed by atoms with E-state index in [2.05, 4.69) is 22.4 Å². The summed E-state index contributed by atoms with van der Waals surface area (Å²) in [5, 5.41) is 22.0. The average Bonchev–Trinajstić information content (AvgIpc) is 2.98. The van der Waals surface area contributed by atoms with Crippen molar-refractivity contribution in [2.24, 2.45) is 0 Å². The fourth-order valence-electron chi connectivity index (χ4n) is 1.94. The van der Waals surface area contributed by atoms with Crippen LogP contribution in [-0.4, -0.2) is 21.7 Å². The van der Waals surface area contributed by atoms with Gasteiger partial charge >= 0.3 is 0 Å². The van der Waals surface area contributed by atoms with Gasteiger partial charge in [-0.05, 0) is 31.5 Å². The van der Waals surface area contributed by atoms with E-state index in [1.54, 1.807) is 12.1 Å². The summed E-state index contributed by atoms with van der Waals surface area (Å²) in [7, 11) is 0. The summed E-state index contributed by atoms with van der Waals surface area (Å²) in [5.41, 5.74) is 0.708. The van der Waals surface area contributed by atoms with E-state index < -0.39 is 4.92 Å². The molecule has 21 heavy (non-hydrogen) atoms. The first kappa shape index (κ1) is 15.1. The van der Waals surface area contributed by atoms with Crippen LogP contribution in [0.25, 0.3) is 11.5 Å². The fourth-order valence-corrected chi connectivity index (χ4v) is 1.94. The van der Waals surface area contributed by atoms with Crippen molar-refractivity contribution in [2.75, 3.05) is 6.54 Å². The van der Waals surface area contributed by atoms with E-state index in [0.29, 0.717) is 17.3 Å². The molecule has 0 saturated carbocycles. The van der Waals surface area contributed by atoms with Crippen molar-refractivity contribution in [3.63, 3.8) is 0 Å². The van der Waals surface area contributed by atoms with Crippen LogP contribution in [0.4, 0.5) is 5.69 Å². The molecule has 0 fully saturated rings. The largest absolute Gasteiger partial charge is 0.419 e. The Hall–Kier alpha value is -2.28. The summed E-state index contributed by atoms with van der Waals surface area (Å²) in [6.07, 6.45) is 1.88. The number of nitrogens with zero attached hydrogens (tertiary/aromatic N) is 3. The highest BCUT2D eigenvalue weighted by Crippen LogP contribution is 2.24. The molecule has 0 bridgehead atoms. The maximum absolute atomic E-state index is 10.6. The number of hydrogen-bond acceptors (Lipinski definition) is 6. The Labute approximate surface area is 122 Å². The van der Waals surface area contributed by atoms with Crippen LogP contribution in [-0.2, 0) is 0 Å². The SMILES string of the molecule is CCCNC(CC)c1nnc(-c2ccc([N+](=O)[O-])cc2)o1. The molecule has 0 saturated heterocycles. The summed E-state index contributed by atoms with van der Waals surface area (Å²) in [6.45, 7) is 5.02. The van der Waals surface area contributed by atoms with Gasteiger partial charge in [0, 0.05) is 17.7 Å². The number of nitro groups is 1. The van der Waals surface area contributed by atoms with Gasteiger partial charge in [0.05, 0.1) is 11.0 Å². The Morgan fingerprint density at radius 1 is 1.29 bits per heavy atom. The zero-order chi connectivity index (χ0) is 15.2. The highest BCUT2D eigenvalue weighted by molar-refractivity contribution is 5.55. The molecular weight excluding hydrogens is 272 g/mol. The lowest BCUT2D eigenvalue weighted by molar-refractivity contribution is -0.384. The molecule has 2 aromatic rings. The molecule has 0 radical (unpaired) electrons.